The van der Waals surface area contributed by atoms with Crippen LogP contribution >= 0.6 is 0 Å². The summed E-state index contributed by atoms with van der Waals surface area (Å²) in [7, 11) is 0. The van der Waals surface area contributed by atoms with Gasteiger partial charge in [0.25, 0.3) is 0 Å². The Hall–Kier alpha value is -5.96. The van der Waals surface area contributed by atoms with Crippen molar-refractivity contribution in [1.29, 1.82) is 0 Å². The van der Waals surface area contributed by atoms with Gasteiger partial charge >= 0.3 is 11.9 Å². The van der Waals surface area contributed by atoms with Crippen molar-refractivity contribution in [3.63, 3.8) is 0 Å². The van der Waals surface area contributed by atoms with Crippen molar-refractivity contribution in [2.45, 2.75) is 46.0 Å². The van der Waals surface area contributed by atoms with Crippen LogP contribution in [0.5, 0.6) is 0 Å². The molecule has 0 aliphatic rings. The number of hydrogen-bond acceptors (Lipinski definition) is 8. The first-order valence-corrected chi connectivity index (χ1v) is 16.0. The number of oxime groups is 2. The number of nitrogens with zero attached hydrogens (tertiary/aromatic N) is 5. The van der Waals surface area contributed by atoms with Gasteiger partial charge in [0.05, 0.1) is 23.0 Å². The Balaban J connectivity index is 1.45. The van der Waals surface area contributed by atoms with E-state index in [4.69, 9.17) is 9.68 Å². The molecule has 0 bridgehead atoms. The highest BCUT2D eigenvalue weighted by molar-refractivity contribution is 6.20. The first-order valence-electron chi connectivity index (χ1n) is 16.0. The number of hydrogen-bond donors (Lipinski definition) is 0. The summed E-state index contributed by atoms with van der Waals surface area (Å²) in [6.07, 6.45) is 11.6. The Bertz CT molecular complexity index is 2100. The Kier molecular flexibility index (Phi) is 10.1. The SMILES string of the molecule is CCCCCC/C(=N\OC(=O)c1ccccc1)c1cn(-c2ccc(/C(=N/OC(C)=O)c3cnccn3)cc2)c2ccc3ccccc3c12. The minimum absolute atomic E-state index is 0.385. The van der Waals surface area contributed by atoms with Gasteiger partial charge < -0.3 is 14.2 Å². The smallest absolute Gasteiger partial charge is 0.318 e. The highest BCUT2D eigenvalue weighted by atomic mass is 16.7. The lowest BCUT2D eigenvalue weighted by molar-refractivity contribution is -0.140. The van der Waals surface area contributed by atoms with Crippen molar-refractivity contribution in [3.8, 4) is 5.69 Å². The second-order valence-corrected chi connectivity index (χ2v) is 11.3. The van der Waals surface area contributed by atoms with Gasteiger partial charge in [-0.1, -0.05) is 97.2 Å². The lowest BCUT2D eigenvalue weighted by Gasteiger charge is -2.09. The van der Waals surface area contributed by atoms with Crippen LogP contribution in [0.1, 0.15) is 73.1 Å². The number of unbranched alkanes of at least 4 members (excludes halogenated alkanes) is 3. The van der Waals surface area contributed by atoms with Gasteiger partial charge in [0.1, 0.15) is 11.4 Å². The molecule has 9 nitrogen and oxygen atoms in total. The van der Waals surface area contributed by atoms with Gasteiger partial charge in [0, 0.05) is 47.7 Å². The molecule has 0 amide bonds. The predicted octanol–water partition coefficient (Wildman–Crippen LogP) is 8.42. The third-order valence-electron chi connectivity index (χ3n) is 8.01. The van der Waals surface area contributed by atoms with Crippen molar-refractivity contribution < 1.29 is 19.3 Å². The molecular formula is C39H35N5O4. The van der Waals surface area contributed by atoms with Gasteiger partial charge in [-0.2, -0.15) is 0 Å². The molecule has 6 aromatic rings. The maximum absolute atomic E-state index is 13.0. The lowest BCUT2D eigenvalue weighted by atomic mass is 9.98. The molecule has 0 spiro atoms. The van der Waals surface area contributed by atoms with Crippen LogP contribution in [0.25, 0.3) is 27.4 Å². The molecule has 240 valence electrons. The van der Waals surface area contributed by atoms with Crippen LogP contribution in [0, 0.1) is 0 Å². The van der Waals surface area contributed by atoms with E-state index in [1.54, 1.807) is 42.9 Å². The summed E-state index contributed by atoms with van der Waals surface area (Å²) in [4.78, 5) is 43.6. The van der Waals surface area contributed by atoms with E-state index in [1.807, 2.05) is 42.5 Å². The zero-order chi connectivity index (χ0) is 33.3. The topological polar surface area (TPSA) is 108 Å². The van der Waals surface area contributed by atoms with E-state index in [1.165, 1.54) is 6.92 Å². The average molecular weight is 638 g/mol. The fraction of sp³-hybridized carbons (Fsp3) is 0.179. The molecule has 4 aromatic carbocycles. The number of benzene rings is 4. The van der Waals surface area contributed by atoms with Crippen LogP contribution in [-0.2, 0) is 14.5 Å². The quantitative estimate of drug-likeness (QED) is 0.0577. The summed E-state index contributed by atoms with van der Waals surface area (Å²) in [5.41, 5.74) is 5.49. The van der Waals surface area contributed by atoms with Gasteiger partial charge in [0.15, 0.2) is 0 Å². The number of carbonyl (C=O) groups is 2. The van der Waals surface area contributed by atoms with E-state index in [9.17, 15) is 9.59 Å². The normalized spacial score (nSPS) is 12.0. The molecule has 0 saturated heterocycles. The molecule has 0 aliphatic heterocycles. The average Bonchev–Trinajstić information content (AvgIpc) is 3.52. The molecule has 2 heterocycles. The van der Waals surface area contributed by atoms with Gasteiger partial charge in [0.2, 0.25) is 0 Å². The first kappa shape index (κ1) is 32.0. The standard InChI is InChI=1S/C39H35N5O4/c1-3-4-5-9-16-34(42-48-39(46)30-13-7-6-8-14-30)33-26-44(36-22-19-28-12-10-11-15-32(28)37(33)36)31-20-17-29(18-21-31)38(43-47-27(2)45)35-25-40-23-24-41-35/h6-8,10-15,17-26H,3-5,9,16H2,1-2H3/b42-34+,43-38-. The van der Waals surface area contributed by atoms with Gasteiger partial charge in [-0.15, -0.1) is 0 Å². The van der Waals surface area contributed by atoms with Crippen molar-refractivity contribution in [2.24, 2.45) is 10.3 Å². The second-order valence-electron chi connectivity index (χ2n) is 11.3. The van der Waals surface area contributed by atoms with Crippen molar-refractivity contribution in [3.05, 3.63) is 138 Å². The van der Waals surface area contributed by atoms with E-state index in [0.717, 1.165) is 58.6 Å². The van der Waals surface area contributed by atoms with Crippen LogP contribution in [-0.4, -0.2) is 37.9 Å². The molecule has 0 saturated carbocycles. The van der Waals surface area contributed by atoms with Crippen LogP contribution in [0.15, 0.2) is 126 Å². The van der Waals surface area contributed by atoms with Crippen LogP contribution < -0.4 is 0 Å². The Morgan fingerprint density at radius 1 is 0.792 bits per heavy atom. The van der Waals surface area contributed by atoms with E-state index in [0.29, 0.717) is 34.7 Å². The minimum Gasteiger partial charge on any atom is -0.318 e. The van der Waals surface area contributed by atoms with Gasteiger partial charge in [-0.3, -0.25) is 9.97 Å². The molecule has 48 heavy (non-hydrogen) atoms. The molecule has 0 radical (unpaired) electrons. The maximum Gasteiger partial charge on any atom is 0.365 e. The molecule has 0 atom stereocenters. The van der Waals surface area contributed by atoms with E-state index in [2.05, 4.69) is 62.2 Å². The largest absolute Gasteiger partial charge is 0.365 e. The third-order valence-corrected chi connectivity index (χ3v) is 8.01. The number of rotatable bonds is 12. The first-order chi connectivity index (χ1) is 23.5. The molecule has 0 fully saturated rings. The molecule has 0 aliphatic carbocycles. The second kappa shape index (κ2) is 15.1. The zero-order valence-corrected chi connectivity index (χ0v) is 26.9. The fourth-order valence-corrected chi connectivity index (χ4v) is 5.67. The Morgan fingerprint density at radius 3 is 2.33 bits per heavy atom. The lowest BCUT2D eigenvalue weighted by Crippen LogP contribution is -2.08. The number of carbonyl (C=O) groups excluding carboxylic acids is 2. The predicted molar refractivity (Wildman–Crippen MR) is 187 cm³/mol. The number of aromatic nitrogens is 3. The Morgan fingerprint density at radius 2 is 1.58 bits per heavy atom. The summed E-state index contributed by atoms with van der Waals surface area (Å²) in [6, 6.07) is 29.1. The van der Waals surface area contributed by atoms with Crippen LogP contribution in [0.2, 0.25) is 0 Å². The van der Waals surface area contributed by atoms with Crippen LogP contribution in [0.3, 0.4) is 0 Å². The number of fused-ring (bicyclic) bond motifs is 3. The van der Waals surface area contributed by atoms with Gasteiger partial charge in [-0.25, -0.2) is 9.59 Å². The van der Waals surface area contributed by atoms with Crippen molar-refractivity contribution in [2.75, 3.05) is 0 Å². The summed E-state index contributed by atoms with van der Waals surface area (Å²) in [6.45, 7) is 3.48. The molecular weight excluding hydrogens is 602 g/mol. The monoisotopic (exact) mass is 637 g/mol. The van der Waals surface area contributed by atoms with E-state index < -0.39 is 11.9 Å². The van der Waals surface area contributed by atoms with Crippen molar-refractivity contribution >= 4 is 45.0 Å². The van der Waals surface area contributed by atoms with E-state index >= 15 is 0 Å². The molecule has 2 aromatic heterocycles. The summed E-state index contributed by atoms with van der Waals surface area (Å²) >= 11 is 0. The summed E-state index contributed by atoms with van der Waals surface area (Å²) in [5, 5.41) is 11.8. The molecule has 0 unspecified atom stereocenters. The summed E-state index contributed by atoms with van der Waals surface area (Å²) < 4.78 is 2.12. The fourth-order valence-electron chi connectivity index (χ4n) is 5.67. The van der Waals surface area contributed by atoms with Crippen LogP contribution in [0.4, 0.5) is 0 Å². The highest BCUT2D eigenvalue weighted by Gasteiger charge is 2.19. The molecule has 9 heteroatoms. The van der Waals surface area contributed by atoms with Crippen molar-refractivity contribution in [1.82, 2.24) is 14.5 Å². The van der Waals surface area contributed by atoms with Gasteiger partial charge in [-0.05, 0) is 53.9 Å². The van der Waals surface area contributed by atoms with E-state index in [-0.39, 0.29) is 0 Å². The molecule has 0 N–H and O–H groups in total. The highest BCUT2D eigenvalue weighted by Crippen LogP contribution is 2.33. The zero-order valence-electron chi connectivity index (χ0n) is 26.9. The minimum atomic E-state index is -0.534. The Labute approximate surface area is 278 Å². The summed E-state index contributed by atoms with van der Waals surface area (Å²) in [5.74, 6) is -1.03. The third kappa shape index (κ3) is 7.20. The molecule has 6 rings (SSSR count). The maximum atomic E-state index is 13.0.